The van der Waals surface area contributed by atoms with Gasteiger partial charge in [0.1, 0.15) is 11.5 Å². The first-order valence-electron chi connectivity index (χ1n) is 13.6. The van der Waals surface area contributed by atoms with Crippen LogP contribution in [0.5, 0.6) is 0 Å². The lowest BCUT2D eigenvalue weighted by molar-refractivity contribution is -0.136. The van der Waals surface area contributed by atoms with E-state index in [1.807, 2.05) is 43.3 Å². The Hall–Kier alpha value is -4.80. The molecule has 1 aliphatic heterocycles. The number of amides is 1. The Balaban J connectivity index is 1.45. The van der Waals surface area contributed by atoms with Gasteiger partial charge in [0.2, 0.25) is 10.0 Å². The Kier molecular flexibility index (Phi) is 8.70. The van der Waals surface area contributed by atoms with Gasteiger partial charge in [0.25, 0.3) is 5.91 Å². The van der Waals surface area contributed by atoms with E-state index in [1.165, 1.54) is 22.4 Å². The van der Waals surface area contributed by atoms with Crippen LogP contribution in [0.3, 0.4) is 0 Å². The molecule has 43 heavy (non-hydrogen) atoms. The van der Waals surface area contributed by atoms with Crippen molar-refractivity contribution in [3.05, 3.63) is 136 Å². The summed E-state index contributed by atoms with van der Waals surface area (Å²) in [4.78, 5) is 32.0. The van der Waals surface area contributed by atoms with Crippen LogP contribution < -0.4 is 0 Å². The van der Waals surface area contributed by atoms with Gasteiger partial charge in [-0.3, -0.25) is 9.78 Å². The van der Waals surface area contributed by atoms with Gasteiger partial charge in [-0.2, -0.15) is 4.31 Å². The summed E-state index contributed by atoms with van der Waals surface area (Å²) >= 11 is 0. The Morgan fingerprint density at radius 2 is 1.67 bits per heavy atom. The summed E-state index contributed by atoms with van der Waals surface area (Å²) < 4.78 is 39.8. The van der Waals surface area contributed by atoms with Gasteiger partial charge >= 0.3 is 5.97 Å². The zero-order chi connectivity index (χ0) is 30.6. The molecule has 1 aliphatic rings. The molecule has 0 spiro atoms. The first kappa shape index (κ1) is 29.7. The third kappa shape index (κ3) is 6.50. The minimum absolute atomic E-state index is 0.0475. The molecule has 2 aromatic heterocycles. The number of carbonyl (C=O) groups excluding carboxylic acids is 2. The van der Waals surface area contributed by atoms with E-state index in [4.69, 9.17) is 9.15 Å². The first-order chi connectivity index (χ1) is 20.7. The van der Waals surface area contributed by atoms with E-state index in [9.17, 15) is 18.0 Å². The van der Waals surface area contributed by atoms with Gasteiger partial charge in [-0.25, -0.2) is 13.2 Å². The van der Waals surface area contributed by atoms with Gasteiger partial charge in [-0.15, -0.1) is 0 Å². The van der Waals surface area contributed by atoms with Gasteiger partial charge in [-0.1, -0.05) is 54.1 Å². The van der Waals surface area contributed by atoms with Crippen LogP contribution in [-0.2, 0) is 44.0 Å². The van der Waals surface area contributed by atoms with Crippen molar-refractivity contribution in [1.82, 2.24) is 14.2 Å². The SMILES string of the molecule is COC(=O)C1=C(C)N(Cc2cccnc2)C(=O)/C1=C/c1ccc(CN(Cc2ccccc2)S(=O)(=O)c2ccc(C)cc2)o1. The largest absolute Gasteiger partial charge is 0.465 e. The predicted octanol–water partition coefficient (Wildman–Crippen LogP) is 5.25. The number of nitrogens with zero attached hydrogens (tertiary/aromatic N) is 3. The van der Waals surface area contributed by atoms with Crippen LogP contribution in [0.15, 0.2) is 117 Å². The highest BCUT2D eigenvalue weighted by Gasteiger charge is 2.37. The van der Waals surface area contributed by atoms with Crippen molar-refractivity contribution in [2.75, 3.05) is 7.11 Å². The van der Waals surface area contributed by atoms with Crippen molar-refractivity contribution in [2.45, 2.75) is 38.4 Å². The molecule has 1 amide bonds. The van der Waals surface area contributed by atoms with E-state index in [2.05, 4.69) is 4.98 Å². The van der Waals surface area contributed by atoms with Crippen LogP contribution in [0, 0.1) is 6.92 Å². The molecule has 0 N–H and O–H groups in total. The number of furan rings is 1. The number of methoxy groups -OCH3 is 1. The average molecular weight is 598 g/mol. The second-order valence-corrected chi connectivity index (χ2v) is 12.1. The smallest absolute Gasteiger partial charge is 0.340 e. The molecule has 10 heteroatoms. The summed E-state index contributed by atoms with van der Waals surface area (Å²) in [5, 5.41) is 0. The number of aryl methyl sites for hydroxylation is 1. The molecule has 0 fully saturated rings. The van der Waals surface area contributed by atoms with Crippen LogP contribution in [0.4, 0.5) is 0 Å². The molecular weight excluding hydrogens is 566 g/mol. The highest BCUT2D eigenvalue weighted by molar-refractivity contribution is 7.89. The fraction of sp³-hybridized carbons (Fsp3) is 0.182. The van der Waals surface area contributed by atoms with Crippen molar-refractivity contribution in [3.8, 4) is 0 Å². The van der Waals surface area contributed by atoms with E-state index in [0.29, 0.717) is 17.2 Å². The third-order valence-corrected chi connectivity index (χ3v) is 8.93. The van der Waals surface area contributed by atoms with Crippen LogP contribution in [-0.4, -0.2) is 41.6 Å². The third-order valence-electron chi connectivity index (χ3n) is 7.13. The summed E-state index contributed by atoms with van der Waals surface area (Å²) in [7, 11) is -2.62. The highest BCUT2D eigenvalue weighted by atomic mass is 32.2. The van der Waals surface area contributed by atoms with Crippen molar-refractivity contribution in [1.29, 1.82) is 0 Å². The Bertz CT molecular complexity index is 1790. The molecule has 0 unspecified atom stereocenters. The lowest BCUT2D eigenvalue weighted by Crippen LogP contribution is -2.30. The maximum Gasteiger partial charge on any atom is 0.340 e. The average Bonchev–Trinajstić information content (AvgIpc) is 3.55. The number of aromatic nitrogens is 1. The molecule has 0 radical (unpaired) electrons. The quantitative estimate of drug-likeness (QED) is 0.181. The summed E-state index contributed by atoms with van der Waals surface area (Å²) in [6, 6.07) is 22.9. The zero-order valence-electron chi connectivity index (χ0n) is 24.1. The molecule has 0 atom stereocenters. The number of esters is 1. The molecule has 9 nitrogen and oxygen atoms in total. The Labute approximate surface area is 250 Å². The van der Waals surface area contributed by atoms with Crippen LogP contribution >= 0.6 is 0 Å². The van der Waals surface area contributed by atoms with Gasteiger partial charge in [-0.05, 0) is 61.4 Å². The van der Waals surface area contributed by atoms with Gasteiger partial charge in [0, 0.05) is 24.6 Å². The molecule has 0 saturated carbocycles. The minimum atomic E-state index is -3.88. The summed E-state index contributed by atoms with van der Waals surface area (Å²) in [5.41, 5.74) is 3.30. The first-order valence-corrected chi connectivity index (χ1v) is 15.0. The van der Waals surface area contributed by atoms with Crippen LogP contribution in [0.25, 0.3) is 6.08 Å². The number of hydrogen-bond donors (Lipinski definition) is 0. The van der Waals surface area contributed by atoms with Gasteiger partial charge in [0.15, 0.2) is 0 Å². The molecule has 3 heterocycles. The molecule has 4 aromatic rings. The topological polar surface area (TPSA) is 110 Å². The lowest BCUT2D eigenvalue weighted by atomic mass is 10.1. The zero-order valence-corrected chi connectivity index (χ0v) is 24.9. The lowest BCUT2D eigenvalue weighted by Gasteiger charge is -2.21. The molecule has 0 saturated heterocycles. The molecule has 0 bridgehead atoms. The summed E-state index contributed by atoms with van der Waals surface area (Å²) in [6.45, 7) is 3.89. The number of carbonyl (C=O) groups is 2. The normalized spacial score (nSPS) is 14.7. The van der Waals surface area contributed by atoms with E-state index < -0.39 is 16.0 Å². The number of rotatable bonds is 10. The maximum atomic E-state index is 13.7. The molecule has 220 valence electrons. The minimum Gasteiger partial charge on any atom is -0.465 e. The fourth-order valence-corrected chi connectivity index (χ4v) is 6.23. The maximum absolute atomic E-state index is 13.7. The fourth-order valence-electron chi connectivity index (χ4n) is 4.84. The molecular formula is C33H31N3O6S. The number of pyridine rings is 1. The second-order valence-electron chi connectivity index (χ2n) is 10.1. The number of allylic oxidation sites excluding steroid dienone is 1. The van der Waals surface area contributed by atoms with Gasteiger partial charge < -0.3 is 14.1 Å². The van der Waals surface area contributed by atoms with E-state index in [-0.39, 0.29) is 41.6 Å². The van der Waals surface area contributed by atoms with Crippen LogP contribution in [0.1, 0.15) is 35.1 Å². The van der Waals surface area contributed by atoms with Gasteiger partial charge in [0.05, 0.1) is 36.2 Å². The number of sulfonamides is 1. The van der Waals surface area contributed by atoms with E-state index in [1.54, 1.807) is 61.8 Å². The Morgan fingerprint density at radius 1 is 0.953 bits per heavy atom. The second kappa shape index (κ2) is 12.6. The van der Waals surface area contributed by atoms with E-state index >= 15 is 0 Å². The highest BCUT2D eigenvalue weighted by Crippen LogP contribution is 2.33. The molecule has 0 aliphatic carbocycles. The number of hydrogen-bond acceptors (Lipinski definition) is 7. The Morgan fingerprint density at radius 3 is 2.35 bits per heavy atom. The monoisotopic (exact) mass is 597 g/mol. The van der Waals surface area contributed by atoms with Crippen molar-refractivity contribution >= 4 is 28.0 Å². The number of benzene rings is 2. The van der Waals surface area contributed by atoms with Crippen molar-refractivity contribution in [2.24, 2.45) is 0 Å². The predicted molar refractivity (Wildman–Crippen MR) is 160 cm³/mol. The standard InChI is InChI=1S/C33H31N3O6S/c1-23-11-15-29(16-12-23)43(39,40)35(20-25-8-5-4-6-9-25)22-28-14-13-27(42-28)18-30-31(33(38)41-3)24(2)36(32(30)37)21-26-10-7-17-34-19-26/h4-19H,20-22H2,1-3H3/b30-18+. The summed E-state index contributed by atoms with van der Waals surface area (Å²) in [5.74, 6) is -0.359. The van der Waals surface area contributed by atoms with Crippen LogP contribution in [0.2, 0.25) is 0 Å². The van der Waals surface area contributed by atoms with E-state index in [0.717, 1.165) is 16.7 Å². The molecule has 2 aromatic carbocycles. The molecule has 5 rings (SSSR count). The van der Waals surface area contributed by atoms with Crippen molar-refractivity contribution in [3.63, 3.8) is 0 Å². The number of ether oxygens (including phenoxy) is 1. The summed E-state index contributed by atoms with van der Waals surface area (Å²) in [6.07, 6.45) is 4.79. The van der Waals surface area contributed by atoms with Crippen molar-refractivity contribution < 1.29 is 27.2 Å².